The number of nitrogens with one attached hydrogen (secondary N) is 1. The summed E-state index contributed by atoms with van der Waals surface area (Å²) in [6.45, 7) is 8.05. The van der Waals surface area contributed by atoms with Crippen LogP contribution in [0.5, 0.6) is 11.5 Å². The average molecular weight is 537 g/mol. The van der Waals surface area contributed by atoms with Gasteiger partial charge in [-0.25, -0.2) is 4.79 Å². The number of carbonyl (C=O) groups excluding carboxylic acids is 2. The Hall–Kier alpha value is -3.71. The first-order valence-electron chi connectivity index (χ1n) is 12.7. The summed E-state index contributed by atoms with van der Waals surface area (Å²) in [4.78, 5) is 27.4. The second kappa shape index (κ2) is 11.4. The molecule has 0 fully saturated rings. The molecule has 0 aromatic heterocycles. The van der Waals surface area contributed by atoms with Gasteiger partial charge in [0.1, 0.15) is 17.1 Å². The molecule has 0 saturated carbocycles. The molecule has 0 aliphatic carbocycles. The van der Waals surface area contributed by atoms with E-state index in [1.165, 1.54) is 0 Å². The van der Waals surface area contributed by atoms with Crippen molar-refractivity contribution >= 4 is 29.3 Å². The van der Waals surface area contributed by atoms with Gasteiger partial charge < -0.3 is 19.5 Å². The van der Waals surface area contributed by atoms with E-state index in [1.807, 2.05) is 88.4 Å². The van der Waals surface area contributed by atoms with Gasteiger partial charge in [0, 0.05) is 18.0 Å². The fourth-order valence-corrected chi connectivity index (χ4v) is 4.35. The van der Waals surface area contributed by atoms with Crippen LogP contribution >= 0.6 is 11.6 Å². The lowest BCUT2D eigenvalue weighted by atomic mass is 10.1. The van der Waals surface area contributed by atoms with Crippen LogP contribution in [0.25, 0.3) is 0 Å². The molecule has 200 valence electrons. The minimum absolute atomic E-state index is 0.285. The Bertz CT molecular complexity index is 1290. The Morgan fingerprint density at radius 3 is 2.39 bits per heavy atom. The first-order valence-corrected chi connectivity index (χ1v) is 13.1. The summed E-state index contributed by atoms with van der Waals surface area (Å²) in [5, 5.41) is 3.34. The first kappa shape index (κ1) is 27.3. The Kier molecular flexibility index (Phi) is 8.17. The van der Waals surface area contributed by atoms with E-state index in [4.69, 9.17) is 25.8 Å². The Morgan fingerprint density at radius 2 is 1.71 bits per heavy atom. The fourth-order valence-electron chi connectivity index (χ4n) is 4.15. The minimum atomic E-state index is -1.53. The molecule has 1 heterocycles. The molecule has 1 aliphatic rings. The van der Waals surface area contributed by atoms with E-state index in [0.717, 1.165) is 11.1 Å². The number of amides is 2. The monoisotopic (exact) mass is 536 g/mol. The van der Waals surface area contributed by atoms with Gasteiger partial charge in [-0.2, -0.15) is 0 Å². The summed E-state index contributed by atoms with van der Waals surface area (Å²) in [6, 6.07) is 22.3. The second-order valence-corrected chi connectivity index (χ2v) is 10.5. The molecule has 7 nitrogen and oxygen atoms in total. The van der Waals surface area contributed by atoms with Crippen molar-refractivity contribution in [2.45, 2.75) is 58.5 Å². The third-order valence-electron chi connectivity index (χ3n) is 6.04. The van der Waals surface area contributed by atoms with Crippen LogP contribution < -0.4 is 19.7 Å². The lowest BCUT2D eigenvalue weighted by molar-refractivity contribution is -0.167. The van der Waals surface area contributed by atoms with Crippen LogP contribution in [-0.2, 0) is 22.5 Å². The topological polar surface area (TPSA) is 77.1 Å². The molecular formula is C30H33ClN2O5. The van der Waals surface area contributed by atoms with Crippen molar-refractivity contribution in [3.8, 4) is 11.5 Å². The summed E-state index contributed by atoms with van der Waals surface area (Å²) >= 11 is 6.42. The number of carbonyl (C=O) groups is 2. The molecule has 3 aromatic carbocycles. The van der Waals surface area contributed by atoms with Gasteiger partial charge in [-0.05, 0) is 68.7 Å². The van der Waals surface area contributed by atoms with Crippen molar-refractivity contribution in [2.75, 3.05) is 11.4 Å². The highest BCUT2D eigenvalue weighted by molar-refractivity contribution is 6.31. The zero-order chi connectivity index (χ0) is 27.3. The number of anilines is 1. The van der Waals surface area contributed by atoms with Crippen molar-refractivity contribution in [3.63, 3.8) is 0 Å². The maximum absolute atomic E-state index is 13.9. The number of nitrogens with zero attached hydrogens (tertiary/aromatic N) is 1. The van der Waals surface area contributed by atoms with Gasteiger partial charge in [-0.15, -0.1) is 0 Å². The van der Waals surface area contributed by atoms with E-state index in [-0.39, 0.29) is 12.5 Å². The third kappa shape index (κ3) is 6.40. The molecule has 0 radical (unpaired) electrons. The van der Waals surface area contributed by atoms with Crippen molar-refractivity contribution in [3.05, 3.63) is 88.9 Å². The van der Waals surface area contributed by atoms with Crippen LogP contribution in [0.2, 0.25) is 5.02 Å². The quantitative estimate of drug-likeness (QED) is 0.355. The lowest BCUT2D eigenvalue weighted by Gasteiger charge is -2.41. The molecular weight excluding hydrogens is 504 g/mol. The highest BCUT2D eigenvalue weighted by Crippen LogP contribution is 2.41. The summed E-state index contributed by atoms with van der Waals surface area (Å²) in [5.41, 5.74) is 1.95. The molecule has 0 saturated heterocycles. The number of halogens is 1. The molecule has 0 bridgehead atoms. The third-order valence-corrected chi connectivity index (χ3v) is 6.41. The van der Waals surface area contributed by atoms with E-state index in [0.29, 0.717) is 41.6 Å². The van der Waals surface area contributed by atoms with Crippen LogP contribution in [0.4, 0.5) is 10.5 Å². The first-order chi connectivity index (χ1) is 18.1. The highest BCUT2D eigenvalue weighted by atomic mass is 35.5. The van der Waals surface area contributed by atoms with E-state index in [2.05, 4.69) is 5.32 Å². The predicted octanol–water partition coefficient (Wildman–Crippen LogP) is 6.52. The Labute approximate surface area is 228 Å². The van der Waals surface area contributed by atoms with Crippen molar-refractivity contribution in [2.24, 2.45) is 0 Å². The van der Waals surface area contributed by atoms with E-state index in [1.54, 1.807) is 17.0 Å². The molecule has 8 heteroatoms. The largest absolute Gasteiger partial charge is 0.444 e. The van der Waals surface area contributed by atoms with Crippen LogP contribution in [-0.4, -0.2) is 29.9 Å². The number of hydrogen-bond donors (Lipinski definition) is 1. The summed E-state index contributed by atoms with van der Waals surface area (Å²) < 4.78 is 17.8. The zero-order valence-corrected chi connectivity index (χ0v) is 22.9. The summed E-state index contributed by atoms with van der Waals surface area (Å²) in [5.74, 6) is -0.772. The van der Waals surface area contributed by atoms with Gasteiger partial charge >= 0.3 is 17.8 Å². The van der Waals surface area contributed by atoms with Crippen LogP contribution in [0.1, 0.15) is 45.2 Å². The maximum atomic E-state index is 13.9. The van der Waals surface area contributed by atoms with E-state index >= 15 is 0 Å². The molecule has 0 spiro atoms. The number of alkyl carbamates (subject to hydrolysis) is 1. The molecule has 1 N–H and O–H groups in total. The van der Waals surface area contributed by atoms with E-state index in [9.17, 15) is 9.59 Å². The number of ether oxygens (including phenoxy) is 3. The number of benzene rings is 3. The van der Waals surface area contributed by atoms with E-state index < -0.39 is 17.5 Å². The van der Waals surface area contributed by atoms with Crippen molar-refractivity contribution < 1.29 is 23.8 Å². The van der Waals surface area contributed by atoms with Gasteiger partial charge in [0.05, 0.1) is 12.2 Å². The van der Waals surface area contributed by atoms with Crippen LogP contribution in [0, 0.1) is 0 Å². The molecule has 4 rings (SSSR count). The molecule has 1 unspecified atom stereocenters. The number of para-hydroxylation sites is 2. The van der Waals surface area contributed by atoms with Crippen LogP contribution in [0.15, 0.2) is 72.8 Å². The number of rotatable bonds is 8. The fraction of sp³-hybridized carbons (Fsp3) is 0.333. The maximum Gasteiger partial charge on any atom is 0.407 e. The van der Waals surface area contributed by atoms with Crippen molar-refractivity contribution in [1.29, 1.82) is 0 Å². The summed E-state index contributed by atoms with van der Waals surface area (Å²) in [6.07, 6.45) is 0.463. The van der Waals surface area contributed by atoms with Gasteiger partial charge in [0.25, 0.3) is 0 Å². The van der Waals surface area contributed by atoms with Gasteiger partial charge in [-0.1, -0.05) is 61.0 Å². The molecule has 3 aromatic rings. The molecule has 38 heavy (non-hydrogen) atoms. The standard InChI is InChI=1S/C30H33ClN2O5/c1-5-30(36-23-16-14-21(15-17-23)18-19-32-28(35)38-29(2,3)4)27(34)33(20-22-10-6-7-11-24(22)31)25-12-8-9-13-26(25)37-30/h6-17H,5,18-20H2,1-4H3,(H,32,35). The van der Waals surface area contributed by atoms with Gasteiger partial charge in [0.15, 0.2) is 0 Å². The molecule has 2 amide bonds. The number of fused-ring (bicyclic) bond motifs is 1. The Morgan fingerprint density at radius 1 is 1.03 bits per heavy atom. The highest BCUT2D eigenvalue weighted by Gasteiger charge is 2.50. The van der Waals surface area contributed by atoms with Gasteiger partial charge in [0.2, 0.25) is 0 Å². The normalized spacial score (nSPS) is 16.9. The minimum Gasteiger partial charge on any atom is -0.444 e. The molecule has 1 aliphatic heterocycles. The van der Waals surface area contributed by atoms with Crippen LogP contribution in [0.3, 0.4) is 0 Å². The summed E-state index contributed by atoms with van der Waals surface area (Å²) in [7, 11) is 0. The lowest BCUT2D eigenvalue weighted by Crippen LogP contribution is -2.59. The zero-order valence-electron chi connectivity index (χ0n) is 22.1. The number of hydrogen-bond acceptors (Lipinski definition) is 5. The smallest absolute Gasteiger partial charge is 0.407 e. The molecule has 1 atom stereocenters. The SMILES string of the molecule is CCC1(Oc2ccc(CCNC(=O)OC(C)(C)C)cc2)Oc2ccccc2N(Cc2ccccc2Cl)C1=O. The average Bonchev–Trinajstić information content (AvgIpc) is 2.87. The van der Waals surface area contributed by atoms with Gasteiger partial charge in [-0.3, -0.25) is 9.69 Å². The second-order valence-electron chi connectivity index (χ2n) is 10.1. The predicted molar refractivity (Wildman–Crippen MR) is 148 cm³/mol. The Balaban J connectivity index is 1.49. The van der Waals surface area contributed by atoms with Crippen molar-refractivity contribution in [1.82, 2.24) is 5.32 Å².